The molecule has 2 heterocycles. The van der Waals surface area contributed by atoms with Crippen molar-refractivity contribution in [3.63, 3.8) is 0 Å². The number of hydrogen-bond acceptors (Lipinski definition) is 3. The molecule has 0 radical (unpaired) electrons. The second-order valence-corrected chi connectivity index (χ2v) is 8.04. The Morgan fingerprint density at radius 2 is 1.94 bits per heavy atom. The summed E-state index contributed by atoms with van der Waals surface area (Å²) in [5, 5.41) is 4.19. The SMILES string of the molecule is C=C(NC1CCC(=Nc2cccc3nc(C(F)F)cn23)CC1)c1ccc(C)cc1Cl.CC. The Balaban J connectivity index is 0.00000141. The third kappa shape index (κ3) is 5.54. The predicted molar refractivity (Wildman–Crippen MR) is 129 cm³/mol. The number of rotatable bonds is 5. The number of alkyl halides is 2. The lowest BCUT2D eigenvalue weighted by molar-refractivity contribution is 0.147. The summed E-state index contributed by atoms with van der Waals surface area (Å²) in [6.45, 7) is 10.2. The van der Waals surface area contributed by atoms with Gasteiger partial charge in [-0.1, -0.05) is 50.2 Å². The van der Waals surface area contributed by atoms with Crippen LogP contribution in [0, 0.1) is 6.92 Å². The Hall–Kier alpha value is -2.73. The summed E-state index contributed by atoms with van der Waals surface area (Å²) >= 11 is 6.35. The number of benzene rings is 1. The van der Waals surface area contributed by atoms with Crippen molar-refractivity contribution in [1.82, 2.24) is 14.7 Å². The third-order valence-electron chi connectivity index (χ3n) is 5.38. The van der Waals surface area contributed by atoms with Gasteiger partial charge in [0.05, 0.1) is 5.02 Å². The molecule has 1 aliphatic carbocycles. The van der Waals surface area contributed by atoms with Crippen LogP contribution in [0.4, 0.5) is 14.6 Å². The van der Waals surface area contributed by atoms with Crippen molar-refractivity contribution in [1.29, 1.82) is 0 Å². The van der Waals surface area contributed by atoms with Gasteiger partial charge in [-0.3, -0.25) is 4.40 Å². The molecular formula is C25H29ClF2N4. The maximum atomic E-state index is 13.0. The van der Waals surface area contributed by atoms with E-state index >= 15 is 0 Å². The first-order chi connectivity index (χ1) is 15.4. The van der Waals surface area contributed by atoms with Gasteiger partial charge in [0.15, 0.2) is 0 Å². The van der Waals surface area contributed by atoms with E-state index in [0.717, 1.165) is 48.2 Å². The fourth-order valence-electron chi connectivity index (χ4n) is 3.77. The maximum Gasteiger partial charge on any atom is 0.281 e. The number of nitrogens with one attached hydrogen (secondary N) is 1. The Morgan fingerprint density at radius 3 is 2.59 bits per heavy atom. The van der Waals surface area contributed by atoms with Crippen molar-refractivity contribution in [2.75, 3.05) is 0 Å². The first-order valence-electron chi connectivity index (χ1n) is 11.0. The summed E-state index contributed by atoms with van der Waals surface area (Å²) in [5.74, 6) is 0.629. The van der Waals surface area contributed by atoms with Crippen LogP contribution in [0.25, 0.3) is 11.3 Å². The number of hydrogen-bond donors (Lipinski definition) is 1. The highest BCUT2D eigenvalue weighted by molar-refractivity contribution is 6.32. The van der Waals surface area contributed by atoms with E-state index in [1.165, 1.54) is 6.20 Å². The number of fused-ring (bicyclic) bond motifs is 1. The molecular weight excluding hydrogens is 430 g/mol. The van der Waals surface area contributed by atoms with Crippen LogP contribution < -0.4 is 5.32 Å². The van der Waals surface area contributed by atoms with Crippen molar-refractivity contribution in [3.8, 4) is 0 Å². The molecule has 4 nitrogen and oxygen atoms in total. The summed E-state index contributed by atoms with van der Waals surface area (Å²) < 4.78 is 27.6. The third-order valence-corrected chi connectivity index (χ3v) is 5.69. The molecule has 1 fully saturated rings. The minimum atomic E-state index is -2.60. The van der Waals surface area contributed by atoms with Gasteiger partial charge >= 0.3 is 0 Å². The van der Waals surface area contributed by atoms with Crippen LogP contribution in [0.3, 0.4) is 0 Å². The first-order valence-corrected chi connectivity index (χ1v) is 11.3. The molecule has 7 heteroatoms. The number of nitrogens with zero attached hydrogens (tertiary/aromatic N) is 3. The molecule has 0 unspecified atom stereocenters. The van der Waals surface area contributed by atoms with Gasteiger partial charge in [0.25, 0.3) is 6.43 Å². The number of aliphatic imine (C=N–C) groups is 1. The molecule has 170 valence electrons. The van der Waals surface area contributed by atoms with Gasteiger partial charge in [0.2, 0.25) is 0 Å². The molecule has 0 bridgehead atoms. The molecule has 1 saturated carbocycles. The maximum absolute atomic E-state index is 13.0. The van der Waals surface area contributed by atoms with Gasteiger partial charge < -0.3 is 5.32 Å². The number of aromatic nitrogens is 2. The zero-order valence-electron chi connectivity index (χ0n) is 18.7. The van der Waals surface area contributed by atoms with Gasteiger partial charge in [-0.15, -0.1) is 0 Å². The normalized spacial score (nSPS) is 16.0. The van der Waals surface area contributed by atoms with Crippen LogP contribution in [0.2, 0.25) is 5.02 Å². The molecule has 1 aromatic carbocycles. The molecule has 0 aliphatic heterocycles. The number of imidazole rings is 1. The van der Waals surface area contributed by atoms with Crippen LogP contribution in [-0.4, -0.2) is 21.1 Å². The summed E-state index contributed by atoms with van der Waals surface area (Å²) in [7, 11) is 0. The van der Waals surface area contributed by atoms with Gasteiger partial charge in [0.1, 0.15) is 17.2 Å². The van der Waals surface area contributed by atoms with Crippen molar-refractivity contribution in [3.05, 3.63) is 71.0 Å². The molecule has 2 aromatic heterocycles. The summed E-state index contributed by atoms with van der Waals surface area (Å²) in [6, 6.07) is 11.6. The molecule has 0 saturated heterocycles. The fraction of sp³-hybridized carbons (Fsp3) is 0.360. The Kier molecular flexibility index (Phi) is 8.02. The number of halogens is 3. The smallest absolute Gasteiger partial charge is 0.281 e. The molecule has 1 N–H and O–H groups in total. The highest BCUT2D eigenvalue weighted by Crippen LogP contribution is 2.27. The number of pyridine rings is 1. The highest BCUT2D eigenvalue weighted by Gasteiger charge is 2.20. The molecule has 3 aromatic rings. The second-order valence-electron chi connectivity index (χ2n) is 7.64. The van der Waals surface area contributed by atoms with Crippen molar-refractivity contribution in [2.24, 2.45) is 4.99 Å². The monoisotopic (exact) mass is 458 g/mol. The van der Waals surface area contributed by atoms with Gasteiger partial charge in [-0.05, 0) is 56.4 Å². The molecule has 1 aliphatic rings. The van der Waals surface area contributed by atoms with Gasteiger partial charge in [-0.2, -0.15) is 0 Å². The minimum Gasteiger partial charge on any atom is -0.382 e. The van der Waals surface area contributed by atoms with Crippen LogP contribution >= 0.6 is 11.6 Å². The van der Waals surface area contributed by atoms with E-state index in [9.17, 15) is 8.78 Å². The van der Waals surface area contributed by atoms with E-state index in [1.54, 1.807) is 16.5 Å². The number of aryl methyl sites for hydroxylation is 1. The average Bonchev–Trinajstić information content (AvgIpc) is 3.22. The molecule has 0 amide bonds. The van der Waals surface area contributed by atoms with Crippen LogP contribution in [0.5, 0.6) is 0 Å². The lowest BCUT2D eigenvalue weighted by Gasteiger charge is -2.26. The van der Waals surface area contributed by atoms with Gasteiger partial charge in [0, 0.05) is 29.2 Å². The van der Waals surface area contributed by atoms with Crippen LogP contribution in [-0.2, 0) is 0 Å². The van der Waals surface area contributed by atoms with E-state index in [0.29, 0.717) is 22.5 Å². The van der Waals surface area contributed by atoms with E-state index in [4.69, 9.17) is 16.6 Å². The van der Waals surface area contributed by atoms with Crippen LogP contribution in [0.1, 0.15) is 62.8 Å². The molecule has 0 atom stereocenters. The first kappa shape index (κ1) is 23.9. The fourth-order valence-corrected chi connectivity index (χ4v) is 4.12. The van der Waals surface area contributed by atoms with E-state index in [2.05, 4.69) is 16.9 Å². The average molecular weight is 459 g/mol. The van der Waals surface area contributed by atoms with E-state index in [-0.39, 0.29) is 5.69 Å². The standard InChI is InChI=1S/C23H23ClF2N4.C2H6/c1-14-6-11-18(19(24)12-14)15(2)27-16-7-9-17(10-8-16)28-21-4-3-5-22-29-20(23(25)26)13-30(21)22;1-2/h3-6,11-13,16,23,27H,2,7-10H2,1H3;1-2H3. The Bertz CT molecular complexity index is 1110. The van der Waals surface area contributed by atoms with E-state index in [1.807, 2.05) is 45.0 Å². The largest absolute Gasteiger partial charge is 0.382 e. The molecule has 4 rings (SSSR count). The van der Waals surface area contributed by atoms with Crippen molar-refractivity contribution < 1.29 is 8.78 Å². The lowest BCUT2D eigenvalue weighted by Crippen LogP contribution is -2.32. The lowest BCUT2D eigenvalue weighted by atomic mass is 9.93. The topological polar surface area (TPSA) is 41.7 Å². The predicted octanol–water partition coefficient (Wildman–Crippen LogP) is 7.54. The highest BCUT2D eigenvalue weighted by atomic mass is 35.5. The summed E-state index contributed by atoms with van der Waals surface area (Å²) in [6.07, 6.45) is 2.27. The zero-order valence-corrected chi connectivity index (χ0v) is 19.5. The van der Waals surface area contributed by atoms with Crippen molar-refractivity contribution >= 4 is 34.5 Å². The molecule has 0 spiro atoms. The van der Waals surface area contributed by atoms with Crippen molar-refractivity contribution in [2.45, 2.75) is 58.9 Å². The van der Waals surface area contributed by atoms with Crippen LogP contribution in [0.15, 0.2) is 54.2 Å². The quantitative estimate of drug-likeness (QED) is 0.429. The Morgan fingerprint density at radius 1 is 1.22 bits per heavy atom. The molecule has 32 heavy (non-hydrogen) atoms. The minimum absolute atomic E-state index is 0.233. The van der Waals surface area contributed by atoms with Gasteiger partial charge in [-0.25, -0.2) is 18.8 Å². The Labute approximate surface area is 193 Å². The summed E-state index contributed by atoms with van der Waals surface area (Å²) in [4.78, 5) is 8.70. The summed E-state index contributed by atoms with van der Waals surface area (Å²) in [5.41, 5.74) is 4.17. The zero-order chi connectivity index (χ0) is 23.3. The van der Waals surface area contributed by atoms with E-state index < -0.39 is 6.43 Å². The second kappa shape index (κ2) is 10.7.